The van der Waals surface area contributed by atoms with E-state index in [9.17, 15) is 4.79 Å². The van der Waals surface area contributed by atoms with Gasteiger partial charge in [0.05, 0.1) is 24.5 Å². The molecule has 25 heavy (non-hydrogen) atoms. The minimum absolute atomic E-state index is 0.0180. The quantitative estimate of drug-likeness (QED) is 0.863. The number of hydrogen-bond donors (Lipinski definition) is 1. The lowest BCUT2D eigenvalue weighted by molar-refractivity contribution is -0.121. The number of nitrogens with zero attached hydrogens (tertiary/aromatic N) is 4. The lowest BCUT2D eigenvalue weighted by atomic mass is 10.0. The Morgan fingerprint density at radius 1 is 1.48 bits per heavy atom. The van der Waals surface area contributed by atoms with Gasteiger partial charge in [0.1, 0.15) is 5.82 Å². The zero-order valence-corrected chi connectivity index (χ0v) is 14.9. The number of aryl methyl sites for hydroxylation is 3. The van der Waals surface area contributed by atoms with E-state index < -0.39 is 0 Å². The Balaban J connectivity index is 1.49. The maximum Gasteiger partial charge on any atom is 0.220 e. The predicted molar refractivity (Wildman–Crippen MR) is 92.9 cm³/mol. The number of ether oxygens (including phenoxy) is 1. The van der Waals surface area contributed by atoms with Crippen LogP contribution in [0.2, 0.25) is 0 Å². The Bertz CT molecular complexity index is 722. The Morgan fingerprint density at radius 3 is 3.08 bits per heavy atom. The Morgan fingerprint density at radius 2 is 2.36 bits per heavy atom. The molecular formula is C18H25N5O2. The van der Waals surface area contributed by atoms with Gasteiger partial charge in [-0.15, -0.1) is 0 Å². The minimum atomic E-state index is 0.0180. The molecule has 3 heterocycles. The SMILES string of the molecule is Cc1nn(C)cc1CCC(=O)NCc1ccnc([C@@H]2CCCOC2)n1. The van der Waals surface area contributed by atoms with Crippen molar-refractivity contribution in [2.24, 2.45) is 7.05 Å². The van der Waals surface area contributed by atoms with Gasteiger partial charge in [0.15, 0.2) is 0 Å². The molecule has 1 amide bonds. The number of nitrogens with one attached hydrogen (secondary N) is 1. The molecular weight excluding hydrogens is 318 g/mol. The summed E-state index contributed by atoms with van der Waals surface area (Å²) in [7, 11) is 1.89. The van der Waals surface area contributed by atoms with Crippen LogP contribution in [0.3, 0.4) is 0 Å². The molecule has 0 unspecified atom stereocenters. The summed E-state index contributed by atoms with van der Waals surface area (Å²) in [6.07, 6.45) is 6.97. The van der Waals surface area contributed by atoms with E-state index in [1.54, 1.807) is 10.9 Å². The summed E-state index contributed by atoms with van der Waals surface area (Å²) >= 11 is 0. The monoisotopic (exact) mass is 343 g/mol. The second-order valence-electron chi connectivity index (χ2n) is 6.51. The number of amides is 1. The van der Waals surface area contributed by atoms with E-state index in [0.717, 1.165) is 42.2 Å². The number of hydrogen-bond acceptors (Lipinski definition) is 5. The smallest absolute Gasteiger partial charge is 0.220 e. The molecule has 7 nitrogen and oxygen atoms in total. The first-order valence-electron chi connectivity index (χ1n) is 8.77. The summed E-state index contributed by atoms with van der Waals surface area (Å²) in [5, 5.41) is 7.23. The topological polar surface area (TPSA) is 81.9 Å². The van der Waals surface area contributed by atoms with Gasteiger partial charge in [-0.1, -0.05) is 0 Å². The number of rotatable bonds is 6. The lowest BCUT2D eigenvalue weighted by Gasteiger charge is -2.20. The van der Waals surface area contributed by atoms with Gasteiger partial charge in [-0.2, -0.15) is 5.10 Å². The zero-order valence-electron chi connectivity index (χ0n) is 14.9. The summed E-state index contributed by atoms with van der Waals surface area (Å²) in [5.41, 5.74) is 2.92. The van der Waals surface area contributed by atoms with Crippen molar-refractivity contribution in [2.45, 2.75) is 45.1 Å². The molecule has 1 saturated heterocycles. The summed E-state index contributed by atoms with van der Waals surface area (Å²) < 4.78 is 7.28. The van der Waals surface area contributed by atoms with E-state index >= 15 is 0 Å². The number of carbonyl (C=O) groups excluding carboxylic acids is 1. The van der Waals surface area contributed by atoms with Gasteiger partial charge < -0.3 is 10.1 Å². The van der Waals surface area contributed by atoms with Crippen LogP contribution >= 0.6 is 0 Å². The third-order valence-electron chi connectivity index (χ3n) is 4.46. The molecule has 7 heteroatoms. The van der Waals surface area contributed by atoms with Crippen LogP contribution in [0.15, 0.2) is 18.5 Å². The molecule has 1 aliphatic heterocycles. The van der Waals surface area contributed by atoms with Crippen LogP contribution in [0, 0.1) is 6.92 Å². The maximum absolute atomic E-state index is 12.1. The van der Waals surface area contributed by atoms with Crippen LogP contribution in [-0.4, -0.2) is 38.9 Å². The fraction of sp³-hybridized carbons (Fsp3) is 0.556. The summed E-state index contributed by atoms with van der Waals surface area (Å²) in [6, 6.07) is 1.85. The van der Waals surface area contributed by atoms with Crippen molar-refractivity contribution >= 4 is 5.91 Å². The van der Waals surface area contributed by atoms with Crippen molar-refractivity contribution in [3.63, 3.8) is 0 Å². The van der Waals surface area contributed by atoms with E-state index in [1.807, 2.05) is 26.2 Å². The van der Waals surface area contributed by atoms with Gasteiger partial charge in [-0.3, -0.25) is 9.48 Å². The molecule has 1 fully saturated rings. The van der Waals surface area contributed by atoms with E-state index in [1.165, 1.54) is 0 Å². The van der Waals surface area contributed by atoms with Crippen LogP contribution < -0.4 is 5.32 Å². The van der Waals surface area contributed by atoms with Crippen LogP contribution in [0.1, 0.15) is 48.0 Å². The van der Waals surface area contributed by atoms with Crippen LogP contribution in [0.4, 0.5) is 0 Å². The van der Waals surface area contributed by atoms with E-state index in [-0.39, 0.29) is 11.8 Å². The molecule has 0 aliphatic carbocycles. The van der Waals surface area contributed by atoms with Crippen molar-refractivity contribution in [2.75, 3.05) is 13.2 Å². The Kier molecular flexibility index (Phi) is 5.75. The molecule has 2 aromatic heterocycles. The average molecular weight is 343 g/mol. The van der Waals surface area contributed by atoms with Gasteiger partial charge >= 0.3 is 0 Å². The third kappa shape index (κ3) is 4.85. The van der Waals surface area contributed by atoms with Crippen molar-refractivity contribution in [1.29, 1.82) is 0 Å². The average Bonchev–Trinajstić information content (AvgIpc) is 2.96. The fourth-order valence-electron chi connectivity index (χ4n) is 3.07. The molecule has 134 valence electrons. The van der Waals surface area contributed by atoms with Crippen molar-refractivity contribution in [1.82, 2.24) is 25.1 Å². The van der Waals surface area contributed by atoms with Gasteiger partial charge in [0, 0.05) is 38.4 Å². The molecule has 1 N–H and O–H groups in total. The predicted octanol–water partition coefficient (Wildman–Crippen LogP) is 1.66. The molecule has 3 rings (SSSR count). The largest absolute Gasteiger partial charge is 0.381 e. The molecule has 0 aromatic carbocycles. The highest BCUT2D eigenvalue weighted by atomic mass is 16.5. The lowest BCUT2D eigenvalue weighted by Crippen LogP contribution is -2.24. The first-order valence-corrected chi connectivity index (χ1v) is 8.77. The Hall–Kier alpha value is -2.28. The fourth-order valence-corrected chi connectivity index (χ4v) is 3.07. The molecule has 0 bridgehead atoms. The first-order chi connectivity index (χ1) is 12.1. The molecule has 0 radical (unpaired) electrons. The first kappa shape index (κ1) is 17.5. The van der Waals surface area contributed by atoms with Crippen molar-refractivity contribution in [3.05, 3.63) is 41.2 Å². The summed E-state index contributed by atoms with van der Waals surface area (Å²) in [5.74, 6) is 1.10. The maximum atomic E-state index is 12.1. The van der Waals surface area contributed by atoms with E-state index in [2.05, 4.69) is 20.4 Å². The number of aromatic nitrogens is 4. The summed E-state index contributed by atoms with van der Waals surface area (Å²) in [6.45, 7) is 3.89. The summed E-state index contributed by atoms with van der Waals surface area (Å²) in [4.78, 5) is 21.0. The molecule has 0 spiro atoms. The van der Waals surface area contributed by atoms with Gasteiger partial charge in [-0.05, 0) is 37.8 Å². The zero-order chi connectivity index (χ0) is 17.6. The van der Waals surface area contributed by atoms with Crippen LogP contribution in [-0.2, 0) is 29.5 Å². The van der Waals surface area contributed by atoms with Gasteiger partial charge in [-0.25, -0.2) is 9.97 Å². The van der Waals surface area contributed by atoms with Crippen molar-refractivity contribution < 1.29 is 9.53 Å². The molecule has 1 atom stereocenters. The minimum Gasteiger partial charge on any atom is -0.381 e. The number of carbonyl (C=O) groups is 1. The van der Waals surface area contributed by atoms with Crippen LogP contribution in [0.5, 0.6) is 0 Å². The highest BCUT2D eigenvalue weighted by Gasteiger charge is 2.19. The Labute approximate surface area is 147 Å². The highest BCUT2D eigenvalue weighted by molar-refractivity contribution is 5.76. The van der Waals surface area contributed by atoms with Crippen LogP contribution in [0.25, 0.3) is 0 Å². The van der Waals surface area contributed by atoms with Gasteiger partial charge in [0.2, 0.25) is 5.91 Å². The van der Waals surface area contributed by atoms with Crippen molar-refractivity contribution in [3.8, 4) is 0 Å². The van der Waals surface area contributed by atoms with Gasteiger partial charge in [0.25, 0.3) is 0 Å². The highest BCUT2D eigenvalue weighted by Crippen LogP contribution is 2.22. The standard InChI is InChI=1S/C18H25N5O2/c1-13-14(11-23(2)22-13)5-6-17(24)20-10-16-7-8-19-18(21-16)15-4-3-9-25-12-15/h7-8,11,15H,3-6,9-10,12H2,1-2H3,(H,20,24)/t15-/m1/s1. The van der Waals surface area contributed by atoms with E-state index in [4.69, 9.17) is 4.74 Å². The molecule has 2 aromatic rings. The van der Waals surface area contributed by atoms with E-state index in [0.29, 0.717) is 26.0 Å². The molecule has 1 aliphatic rings. The third-order valence-corrected chi connectivity index (χ3v) is 4.46. The normalized spacial score (nSPS) is 17.4. The molecule has 0 saturated carbocycles. The second kappa shape index (κ2) is 8.20. The second-order valence-corrected chi connectivity index (χ2v) is 6.51.